The molecule has 0 saturated carbocycles. The van der Waals surface area contributed by atoms with Crippen LogP contribution in [0.3, 0.4) is 0 Å². The van der Waals surface area contributed by atoms with Crippen LogP contribution in [0.4, 0.5) is 0 Å². The molecule has 0 aromatic heterocycles. The molecule has 0 spiro atoms. The van der Waals surface area contributed by atoms with Crippen molar-refractivity contribution >= 4 is 0 Å². The summed E-state index contributed by atoms with van der Waals surface area (Å²) in [6.45, 7) is 9.37. The van der Waals surface area contributed by atoms with Crippen LogP contribution in [0.1, 0.15) is 20.8 Å². The summed E-state index contributed by atoms with van der Waals surface area (Å²) in [5, 5.41) is 0. The quantitative estimate of drug-likeness (QED) is 0.644. The average molecular weight is 174 g/mol. The van der Waals surface area contributed by atoms with Gasteiger partial charge in [0, 0.05) is 13.2 Å². The van der Waals surface area contributed by atoms with E-state index in [0.29, 0.717) is 13.2 Å². The molecule has 0 aromatic carbocycles. The summed E-state index contributed by atoms with van der Waals surface area (Å²) >= 11 is 0. The Morgan fingerprint density at radius 1 is 1.42 bits per heavy atom. The Balaban J connectivity index is 4.03. The standard InChI is InChI=1S/C9H22N2O/c1-5-11(4)9(3,7-10)8-12-6-2/h5-8,10H2,1-4H3. The number of nitrogens with zero attached hydrogens (tertiary/aromatic N) is 1. The van der Waals surface area contributed by atoms with Crippen molar-refractivity contribution < 1.29 is 4.74 Å². The maximum atomic E-state index is 5.70. The summed E-state index contributed by atoms with van der Waals surface area (Å²) < 4.78 is 5.39. The van der Waals surface area contributed by atoms with Crippen molar-refractivity contribution in [3.05, 3.63) is 0 Å². The second-order valence-corrected chi connectivity index (χ2v) is 3.35. The lowest BCUT2D eigenvalue weighted by Gasteiger charge is -2.36. The monoisotopic (exact) mass is 174 g/mol. The summed E-state index contributed by atoms with van der Waals surface area (Å²) in [5.41, 5.74) is 5.69. The zero-order chi connectivity index (χ0) is 9.61. The van der Waals surface area contributed by atoms with Crippen molar-refractivity contribution in [2.24, 2.45) is 5.73 Å². The lowest BCUT2D eigenvalue weighted by atomic mass is 10.0. The third-order valence-electron chi connectivity index (χ3n) is 2.45. The normalized spacial score (nSPS) is 16.5. The number of likely N-dealkylation sites (N-methyl/N-ethyl adjacent to an activating group) is 1. The van der Waals surface area contributed by atoms with Gasteiger partial charge in [-0.25, -0.2) is 0 Å². The van der Waals surface area contributed by atoms with Crippen LogP contribution in [-0.2, 0) is 4.74 Å². The molecule has 1 unspecified atom stereocenters. The zero-order valence-corrected chi connectivity index (χ0v) is 8.76. The van der Waals surface area contributed by atoms with Crippen molar-refractivity contribution in [1.82, 2.24) is 4.90 Å². The number of nitrogens with two attached hydrogens (primary N) is 1. The molecule has 3 heteroatoms. The number of ether oxygens (including phenoxy) is 1. The van der Waals surface area contributed by atoms with Crippen LogP contribution in [0, 0.1) is 0 Å². The summed E-state index contributed by atoms with van der Waals surface area (Å²) in [6, 6.07) is 0. The van der Waals surface area contributed by atoms with E-state index in [0.717, 1.165) is 13.2 Å². The van der Waals surface area contributed by atoms with Gasteiger partial charge in [0.2, 0.25) is 0 Å². The highest BCUT2D eigenvalue weighted by molar-refractivity contribution is 4.84. The largest absolute Gasteiger partial charge is 0.380 e. The third kappa shape index (κ3) is 3.09. The third-order valence-corrected chi connectivity index (χ3v) is 2.45. The Bertz CT molecular complexity index is 119. The van der Waals surface area contributed by atoms with Crippen LogP contribution in [-0.4, -0.2) is 43.8 Å². The molecule has 1 atom stereocenters. The highest BCUT2D eigenvalue weighted by Gasteiger charge is 2.26. The molecular weight excluding hydrogens is 152 g/mol. The van der Waals surface area contributed by atoms with Gasteiger partial charge in [-0.2, -0.15) is 0 Å². The summed E-state index contributed by atoms with van der Waals surface area (Å²) in [7, 11) is 2.08. The average Bonchev–Trinajstić information content (AvgIpc) is 2.12. The van der Waals surface area contributed by atoms with Crippen LogP contribution >= 0.6 is 0 Å². The lowest BCUT2D eigenvalue weighted by Crippen LogP contribution is -2.53. The second kappa shape index (κ2) is 5.51. The molecule has 0 saturated heterocycles. The van der Waals surface area contributed by atoms with Crippen LogP contribution in [0.2, 0.25) is 0 Å². The SMILES string of the molecule is CCOCC(C)(CN)N(C)CC. The molecule has 0 aliphatic carbocycles. The van der Waals surface area contributed by atoms with Gasteiger partial charge >= 0.3 is 0 Å². The Kier molecular flexibility index (Phi) is 5.46. The maximum Gasteiger partial charge on any atom is 0.0659 e. The summed E-state index contributed by atoms with van der Waals surface area (Å²) in [6.07, 6.45) is 0. The van der Waals surface area contributed by atoms with E-state index >= 15 is 0 Å². The minimum atomic E-state index is -0.00917. The van der Waals surface area contributed by atoms with E-state index in [1.165, 1.54) is 0 Å². The Morgan fingerprint density at radius 2 is 2.00 bits per heavy atom. The van der Waals surface area contributed by atoms with Crippen molar-refractivity contribution in [2.45, 2.75) is 26.3 Å². The van der Waals surface area contributed by atoms with Crippen LogP contribution < -0.4 is 5.73 Å². The van der Waals surface area contributed by atoms with Gasteiger partial charge in [-0.05, 0) is 27.4 Å². The fourth-order valence-corrected chi connectivity index (χ4v) is 1.03. The molecule has 3 nitrogen and oxygen atoms in total. The number of hydrogen-bond acceptors (Lipinski definition) is 3. The van der Waals surface area contributed by atoms with Gasteiger partial charge in [-0.1, -0.05) is 6.92 Å². The topological polar surface area (TPSA) is 38.5 Å². The van der Waals surface area contributed by atoms with E-state index in [-0.39, 0.29) is 5.54 Å². The molecule has 0 fully saturated rings. The smallest absolute Gasteiger partial charge is 0.0659 e. The van der Waals surface area contributed by atoms with E-state index in [9.17, 15) is 0 Å². The first-order valence-corrected chi connectivity index (χ1v) is 4.59. The van der Waals surface area contributed by atoms with Crippen molar-refractivity contribution in [3.63, 3.8) is 0 Å². The van der Waals surface area contributed by atoms with Gasteiger partial charge in [0.15, 0.2) is 0 Å². The van der Waals surface area contributed by atoms with E-state index in [1.807, 2.05) is 6.92 Å². The fraction of sp³-hybridized carbons (Fsp3) is 1.00. The zero-order valence-electron chi connectivity index (χ0n) is 8.76. The predicted molar refractivity (Wildman–Crippen MR) is 52.3 cm³/mol. The minimum Gasteiger partial charge on any atom is -0.380 e. The molecule has 0 bridgehead atoms. The van der Waals surface area contributed by atoms with Gasteiger partial charge < -0.3 is 10.5 Å². The molecule has 0 aromatic rings. The Hall–Kier alpha value is -0.120. The fourth-order valence-electron chi connectivity index (χ4n) is 1.03. The molecule has 0 aliphatic heterocycles. The van der Waals surface area contributed by atoms with Crippen molar-refractivity contribution in [2.75, 3.05) is 33.4 Å². The molecule has 0 amide bonds. The summed E-state index contributed by atoms with van der Waals surface area (Å²) in [5.74, 6) is 0. The van der Waals surface area contributed by atoms with E-state index in [1.54, 1.807) is 0 Å². The van der Waals surface area contributed by atoms with Crippen molar-refractivity contribution in [3.8, 4) is 0 Å². The second-order valence-electron chi connectivity index (χ2n) is 3.35. The van der Waals surface area contributed by atoms with Crippen LogP contribution in [0.25, 0.3) is 0 Å². The molecule has 2 N–H and O–H groups in total. The van der Waals surface area contributed by atoms with E-state index in [2.05, 4.69) is 25.8 Å². The highest BCUT2D eigenvalue weighted by Crippen LogP contribution is 2.11. The van der Waals surface area contributed by atoms with Gasteiger partial charge in [0.1, 0.15) is 0 Å². The highest BCUT2D eigenvalue weighted by atomic mass is 16.5. The van der Waals surface area contributed by atoms with Gasteiger partial charge in [-0.15, -0.1) is 0 Å². The van der Waals surface area contributed by atoms with E-state index in [4.69, 9.17) is 10.5 Å². The lowest BCUT2D eigenvalue weighted by molar-refractivity contribution is 0.0267. The first-order chi connectivity index (χ1) is 5.60. The molecule has 0 aliphatic rings. The Morgan fingerprint density at radius 3 is 2.33 bits per heavy atom. The van der Waals surface area contributed by atoms with E-state index < -0.39 is 0 Å². The molecule has 0 rings (SSSR count). The first kappa shape index (κ1) is 11.9. The number of rotatable bonds is 6. The predicted octanol–water partition coefficient (Wildman–Crippen LogP) is 0.692. The van der Waals surface area contributed by atoms with Gasteiger partial charge in [-0.3, -0.25) is 4.90 Å². The maximum absolute atomic E-state index is 5.70. The molecular formula is C9H22N2O. The Labute approximate surface area is 75.9 Å². The van der Waals surface area contributed by atoms with Gasteiger partial charge in [0.05, 0.1) is 12.1 Å². The van der Waals surface area contributed by atoms with Crippen LogP contribution in [0.15, 0.2) is 0 Å². The van der Waals surface area contributed by atoms with Crippen LogP contribution in [0.5, 0.6) is 0 Å². The number of hydrogen-bond donors (Lipinski definition) is 1. The first-order valence-electron chi connectivity index (χ1n) is 4.59. The minimum absolute atomic E-state index is 0.00917. The molecule has 74 valence electrons. The molecule has 12 heavy (non-hydrogen) atoms. The van der Waals surface area contributed by atoms with Gasteiger partial charge in [0.25, 0.3) is 0 Å². The molecule has 0 radical (unpaired) electrons. The molecule has 0 heterocycles. The summed E-state index contributed by atoms with van der Waals surface area (Å²) in [4.78, 5) is 2.22. The van der Waals surface area contributed by atoms with Crippen molar-refractivity contribution in [1.29, 1.82) is 0 Å².